The maximum absolute atomic E-state index is 13.6. The first kappa shape index (κ1) is 28.0. The van der Waals surface area contributed by atoms with Gasteiger partial charge >= 0.3 is 12.1 Å². The first-order valence-corrected chi connectivity index (χ1v) is 15.7. The second kappa shape index (κ2) is 10.7. The Balaban J connectivity index is 1.23. The molecule has 0 aliphatic carbocycles. The molecule has 1 unspecified atom stereocenters. The monoisotopic (exact) mass is 586 g/mol. The topological polar surface area (TPSA) is 123 Å². The van der Waals surface area contributed by atoms with Crippen LogP contribution in [0.15, 0.2) is 29.1 Å². The highest BCUT2D eigenvalue weighted by molar-refractivity contribution is 5.90. The molecule has 2 fully saturated rings. The molecule has 0 radical (unpaired) electrons. The minimum absolute atomic E-state index is 0.0947. The maximum atomic E-state index is 13.6. The molecule has 1 aromatic carbocycles. The fourth-order valence-electron chi connectivity index (χ4n) is 7.67. The van der Waals surface area contributed by atoms with E-state index < -0.39 is 11.6 Å². The van der Waals surface area contributed by atoms with Crippen molar-refractivity contribution in [1.82, 2.24) is 19.8 Å². The number of aryl methyl sites for hydroxylation is 1. The average molecular weight is 587 g/mol. The number of nitrogens with one attached hydrogen (secondary N) is 1. The zero-order valence-electron chi connectivity index (χ0n) is 24.8. The molecule has 0 saturated carbocycles. The van der Waals surface area contributed by atoms with Crippen molar-refractivity contribution in [3.63, 3.8) is 0 Å². The van der Waals surface area contributed by atoms with E-state index >= 15 is 0 Å². The number of hydrogen-bond acceptors (Lipinski definition) is 8. The standard InChI is InChI=1S/C33H38N4O6/c1-3-21-22-15-20(43-32(40)36-14-6-5-7-27(36)19-10-12-34-13-11-19)8-9-26(22)35-29-23(21)17-37-28(29)16-25-24(30(37)38)18-42-31(39)33(25,41)4-2/h8-9,15-16,19,27,34,41H,3-7,10-14,17-18H2,1-2H3/t27?,33-/m0/s1. The quantitative estimate of drug-likeness (QED) is 0.344. The number of aromatic nitrogens is 2. The number of amides is 1. The third-order valence-electron chi connectivity index (χ3n) is 10.0. The number of carbonyl (C=O) groups excluding carboxylic acids is 2. The van der Waals surface area contributed by atoms with E-state index in [9.17, 15) is 19.5 Å². The predicted molar refractivity (Wildman–Crippen MR) is 160 cm³/mol. The van der Waals surface area contributed by atoms with Crippen LogP contribution in [0.25, 0.3) is 22.3 Å². The summed E-state index contributed by atoms with van der Waals surface area (Å²) in [5.74, 6) is 0.243. The van der Waals surface area contributed by atoms with Gasteiger partial charge in [-0.1, -0.05) is 13.8 Å². The van der Waals surface area contributed by atoms with Crippen LogP contribution >= 0.6 is 0 Å². The summed E-state index contributed by atoms with van der Waals surface area (Å²) in [4.78, 5) is 46.5. The van der Waals surface area contributed by atoms with Crippen molar-refractivity contribution in [1.29, 1.82) is 0 Å². The van der Waals surface area contributed by atoms with Crippen LogP contribution in [0.3, 0.4) is 0 Å². The second-order valence-electron chi connectivity index (χ2n) is 12.3. The number of rotatable bonds is 4. The van der Waals surface area contributed by atoms with Gasteiger partial charge in [-0.15, -0.1) is 0 Å². The van der Waals surface area contributed by atoms with Gasteiger partial charge in [-0.3, -0.25) is 4.79 Å². The van der Waals surface area contributed by atoms with E-state index in [1.54, 1.807) is 23.6 Å². The van der Waals surface area contributed by atoms with Crippen molar-refractivity contribution >= 4 is 23.0 Å². The highest BCUT2D eigenvalue weighted by Crippen LogP contribution is 2.41. The van der Waals surface area contributed by atoms with Gasteiger partial charge < -0.3 is 29.4 Å². The van der Waals surface area contributed by atoms with E-state index in [-0.39, 0.29) is 30.7 Å². The Morgan fingerprint density at radius 3 is 2.72 bits per heavy atom. The second-order valence-corrected chi connectivity index (χ2v) is 12.3. The number of likely N-dealkylation sites (tertiary alicyclic amines) is 1. The molecular weight excluding hydrogens is 548 g/mol. The van der Waals surface area contributed by atoms with Gasteiger partial charge in [-0.05, 0) is 93.8 Å². The molecule has 43 heavy (non-hydrogen) atoms. The van der Waals surface area contributed by atoms with E-state index in [1.807, 2.05) is 17.0 Å². The lowest BCUT2D eigenvalue weighted by molar-refractivity contribution is -0.172. The molecular formula is C33H38N4O6. The smallest absolute Gasteiger partial charge is 0.415 e. The molecule has 0 bridgehead atoms. The minimum atomic E-state index is -1.87. The van der Waals surface area contributed by atoms with Crippen molar-refractivity contribution < 1.29 is 24.2 Å². The van der Waals surface area contributed by atoms with Crippen LogP contribution in [0.1, 0.15) is 74.6 Å². The average Bonchev–Trinajstić information content (AvgIpc) is 3.41. The molecule has 10 heteroatoms. The molecule has 10 nitrogen and oxygen atoms in total. The minimum Gasteiger partial charge on any atom is -0.458 e. The number of fused-ring (bicyclic) bond motifs is 5. The number of benzene rings is 1. The zero-order valence-corrected chi connectivity index (χ0v) is 24.8. The Kier molecular flexibility index (Phi) is 7.01. The third-order valence-corrected chi connectivity index (χ3v) is 10.0. The number of nitrogens with zero attached hydrogens (tertiary/aromatic N) is 3. The summed E-state index contributed by atoms with van der Waals surface area (Å²) in [6.45, 7) is 6.63. The van der Waals surface area contributed by atoms with Crippen molar-refractivity contribution in [2.45, 2.75) is 83.6 Å². The molecule has 226 valence electrons. The highest BCUT2D eigenvalue weighted by atomic mass is 16.6. The Bertz CT molecular complexity index is 1690. The first-order chi connectivity index (χ1) is 20.8. The van der Waals surface area contributed by atoms with Crippen LogP contribution < -0.4 is 15.6 Å². The molecule has 6 heterocycles. The van der Waals surface area contributed by atoms with Crippen LogP contribution in [-0.4, -0.2) is 57.3 Å². The number of pyridine rings is 2. The number of ether oxygens (including phenoxy) is 2. The molecule has 4 aliphatic heterocycles. The molecule has 0 spiro atoms. The summed E-state index contributed by atoms with van der Waals surface area (Å²) in [5, 5.41) is 15.5. The van der Waals surface area contributed by atoms with Gasteiger partial charge in [0.1, 0.15) is 12.4 Å². The Hall–Kier alpha value is -3.76. The summed E-state index contributed by atoms with van der Waals surface area (Å²) in [6.07, 6.45) is 5.80. The molecule has 4 aliphatic rings. The zero-order chi connectivity index (χ0) is 29.9. The third kappa shape index (κ3) is 4.45. The van der Waals surface area contributed by atoms with Crippen LogP contribution in [-0.2, 0) is 34.7 Å². The predicted octanol–water partition coefficient (Wildman–Crippen LogP) is 3.99. The number of esters is 1. The SMILES string of the molecule is CCc1c2c(nc3ccc(OC(=O)N4CCCCC4C4CCNCC4)cc13)-c1cc3c(c(=O)n1C2)COC(=O)[C@]3(O)CC. The number of piperidine rings is 2. The fraction of sp³-hybridized carbons (Fsp3) is 0.515. The number of carbonyl (C=O) groups is 2. The maximum Gasteiger partial charge on any atom is 0.415 e. The van der Waals surface area contributed by atoms with Crippen LogP contribution in [0.4, 0.5) is 4.79 Å². The lowest BCUT2D eigenvalue weighted by Crippen LogP contribution is -2.50. The summed E-state index contributed by atoms with van der Waals surface area (Å²) >= 11 is 0. The van der Waals surface area contributed by atoms with Gasteiger partial charge in [0, 0.05) is 29.1 Å². The molecule has 2 N–H and O–H groups in total. The molecule has 1 amide bonds. The summed E-state index contributed by atoms with van der Waals surface area (Å²) in [5.41, 5.74) is 2.40. The van der Waals surface area contributed by atoms with Gasteiger partial charge in [0.15, 0.2) is 5.60 Å². The molecule has 7 rings (SSSR count). The van der Waals surface area contributed by atoms with E-state index in [1.165, 1.54) is 0 Å². The number of hydrogen-bond donors (Lipinski definition) is 2. The Morgan fingerprint density at radius 2 is 1.95 bits per heavy atom. The number of cyclic esters (lactones) is 1. The summed E-state index contributed by atoms with van der Waals surface area (Å²) < 4.78 is 12.9. The van der Waals surface area contributed by atoms with Crippen LogP contribution in [0.2, 0.25) is 0 Å². The van der Waals surface area contributed by atoms with Gasteiger partial charge in [-0.25, -0.2) is 14.6 Å². The Morgan fingerprint density at radius 1 is 1.14 bits per heavy atom. The summed E-state index contributed by atoms with van der Waals surface area (Å²) in [6, 6.07) is 7.48. The van der Waals surface area contributed by atoms with E-state index in [0.29, 0.717) is 47.1 Å². The molecule has 2 atom stereocenters. The van der Waals surface area contributed by atoms with E-state index in [2.05, 4.69) is 12.2 Å². The van der Waals surface area contributed by atoms with E-state index in [4.69, 9.17) is 14.5 Å². The van der Waals surface area contributed by atoms with Gasteiger partial charge in [-0.2, -0.15) is 0 Å². The Labute approximate surface area is 250 Å². The largest absolute Gasteiger partial charge is 0.458 e. The van der Waals surface area contributed by atoms with Crippen LogP contribution in [0.5, 0.6) is 5.75 Å². The van der Waals surface area contributed by atoms with E-state index in [0.717, 1.165) is 73.8 Å². The van der Waals surface area contributed by atoms with Gasteiger partial charge in [0.05, 0.1) is 29.0 Å². The van der Waals surface area contributed by atoms with Crippen molar-refractivity contribution in [3.05, 3.63) is 56.9 Å². The van der Waals surface area contributed by atoms with Crippen molar-refractivity contribution in [2.24, 2.45) is 5.92 Å². The number of aliphatic hydroxyl groups is 1. The van der Waals surface area contributed by atoms with Gasteiger partial charge in [0.25, 0.3) is 5.56 Å². The van der Waals surface area contributed by atoms with Gasteiger partial charge in [0.2, 0.25) is 0 Å². The van der Waals surface area contributed by atoms with Crippen molar-refractivity contribution in [2.75, 3.05) is 19.6 Å². The highest BCUT2D eigenvalue weighted by Gasteiger charge is 2.45. The lowest BCUT2D eigenvalue weighted by Gasteiger charge is -2.41. The summed E-state index contributed by atoms with van der Waals surface area (Å²) in [7, 11) is 0. The molecule has 2 saturated heterocycles. The lowest BCUT2D eigenvalue weighted by atomic mass is 9.84. The van der Waals surface area contributed by atoms with Crippen LogP contribution in [0, 0.1) is 5.92 Å². The normalized spacial score (nSPS) is 23.5. The first-order valence-electron chi connectivity index (χ1n) is 15.7. The van der Waals surface area contributed by atoms with Crippen molar-refractivity contribution in [3.8, 4) is 17.1 Å². The fourth-order valence-corrected chi connectivity index (χ4v) is 7.67. The molecule has 2 aromatic heterocycles. The molecule has 3 aromatic rings.